The normalized spacial score (nSPS) is 13.6. The molecule has 0 saturated carbocycles. The van der Waals surface area contributed by atoms with Crippen LogP contribution in [0.15, 0.2) is 9.27 Å². The standard InChI is InChI=1S/C13H21BrN2O3/c1-6-19-10(13(2,3)4)11-15-8(7-18-5)9(14)12(17)16-11/h10H,6-7H2,1-5H3,(H,15,16,17). The Balaban J connectivity index is 3.28. The van der Waals surface area contributed by atoms with E-state index in [0.717, 1.165) is 0 Å². The molecule has 5 nitrogen and oxygen atoms in total. The van der Waals surface area contributed by atoms with Gasteiger partial charge in [0.05, 0.1) is 12.3 Å². The highest BCUT2D eigenvalue weighted by Crippen LogP contribution is 2.34. The highest BCUT2D eigenvalue weighted by Gasteiger charge is 2.29. The maximum Gasteiger partial charge on any atom is 0.265 e. The summed E-state index contributed by atoms with van der Waals surface area (Å²) in [6.45, 7) is 8.90. The fourth-order valence-corrected chi connectivity index (χ4v) is 2.09. The van der Waals surface area contributed by atoms with E-state index in [-0.39, 0.29) is 23.7 Å². The van der Waals surface area contributed by atoms with Gasteiger partial charge in [0.15, 0.2) is 0 Å². The Hall–Kier alpha value is -0.720. The van der Waals surface area contributed by atoms with Gasteiger partial charge in [0.25, 0.3) is 5.56 Å². The molecule has 1 atom stereocenters. The molecule has 0 amide bonds. The fourth-order valence-electron chi connectivity index (χ4n) is 1.79. The third-order valence-electron chi connectivity index (χ3n) is 2.60. The molecule has 0 aliphatic heterocycles. The number of nitrogens with one attached hydrogen (secondary N) is 1. The summed E-state index contributed by atoms with van der Waals surface area (Å²) in [6.07, 6.45) is -0.270. The molecule has 1 N–H and O–H groups in total. The molecule has 108 valence electrons. The maximum absolute atomic E-state index is 11.9. The van der Waals surface area contributed by atoms with Gasteiger partial charge < -0.3 is 14.5 Å². The maximum atomic E-state index is 11.9. The zero-order chi connectivity index (χ0) is 14.6. The first-order valence-electron chi connectivity index (χ1n) is 6.20. The van der Waals surface area contributed by atoms with Gasteiger partial charge in [0.2, 0.25) is 0 Å². The first-order valence-corrected chi connectivity index (χ1v) is 6.99. The smallest absolute Gasteiger partial charge is 0.265 e. The second-order valence-electron chi connectivity index (χ2n) is 5.35. The molecular weight excluding hydrogens is 312 g/mol. The average Bonchev–Trinajstić information content (AvgIpc) is 2.30. The molecule has 19 heavy (non-hydrogen) atoms. The molecule has 0 spiro atoms. The summed E-state index contributed by atoms with van der Waals surface area (Å²) in [5.41, 5.74) is 0.200. The highest BCUT2D eigenvalue weighted by molar-refractivity contribution is 9.10. The summed E-state index contributed by atoms with van der Waals surface area (Å²) in [5, 5.41) is 0. The van der Waals surface area contributed by atoms with Crippen LogP contribution < -0.4 is 5.56 Å². The van der Waals surface area contributed by atoms with Crippen molar-refractivity contribution in [1.29, 1.82) is 0 Å². The lowest BCUT2D eigenvalue weighted by atomic mass is 9.88. The van der Waals surface area contributed by atoms with Crippen LogP contribution in [-0.2, 0) is 16.1 Å². The minimum atomic E-state index is -0.270. The Bertz CT molecular complexity index is 480. The Morgan fingerprint density at radius 2 is 2.05 bits per heavy atom. The molecule has 0 fully saturated rings. The molecule has 1 aromatic rings. The van der Waals surface area contributed by atoms with E-state index in [1.165, 1.54) is 0 Å². The highest BCUT2D eigenvalue weighted by atomic mass is 79.9. The predicted molar refractivity (Wildman–Crippen MR) is 77.1 cm³/mol. The van der Waals surface area contributed by atoms with Crippen molar-refractivity contribution in [3.8, 4) is 0 Å². The fraction of sp³-hybridized carbons (Fsp3) is 0.692. The van der Waals surface area contributed by atoms with Crippen molar-refractivity contribution in [2.45, 2.75) is 40.4 Å². The van der Waals surface area contributed by atoms with Crippen LogP contribution in [0.3, 0.4) is 0 Å². The zero-order valence-electron chi connectivity index (χ0n) is 12.0. The summed E-state index contributed by atoms with van der Waals surface area (Å²) in [4.78, 5) is 19.1. The molecule has 0 bridgehead atoms. The molecule has 0 radical (unpaired) electrons. The third kappa shape index (κ3) is 4.12. The number of ether oxygens (including phenoxy) is 2. The summed E-state index contributed by atoms with van der Waals surface area (Å²) in [5.74, 6) is 0.537. The van der Waals surface area contributed by atoms with Crippen LogP contribution >= 0.6 is 15.9 Å². The number of H-pyrrole nitrogens is 1. The van der Waals surface area contributed by atoms with E-state index in [2.05, 4.69) is 25.9 Å². The topological polar surface area (TPSA) is 64.2 Å². The molecule has 0 saturated heterocycles. The van der Waals surface area contributed by atoms with E-state index in [0.29, 0.717) is 22.6 Å². The summed E-state index contributed by atoms with van der Waals surface area (Å²) in [6, 6.07) is 0. The largest absolute Gasteiger partial charge is 0.378 e. The summed E-state index contributed by atoms with van der Waals surface area (Å²) in [7, 11) is 1.57. The second-order valence-corrected chi connectivity index (χ2v) is 6.14. The van der Waals surface area contributed by atoms with Gasteiger partial charge in [-0.3, -0.25) is 4.79 Å². The van der Waals surface area contributed by atoms with Gasteiger partial charge in [-0.25, -0.2) is 4.98 Å². The van der Waals surface area contributed by atoms with Crippen LogP contribution in [0.2, 0.25) is 0 Å². The zero-order valence-corrected chi connectivity index (χ0v) is 13.6. The minimum Gasteiger partial charge on any atom is -0.378 e. The quantitative estimate of drug-likeness (QED) is 0.900. The second kappa shape index (κ2) is 6.63. The van der Waals surface area contributed by atoms with Crippen LogP contribution in [0.25, 0.3) is 0 Å². The number of hydrogen-bond donors (Lipinski definition) is 1. The molecule has 0 aliphatic rings. The lowest BCUT2D eigenvalue weighted by molar-refractivity contribution is -0.0196. The number of halogens is 1. The average molecular weight is 333 g/mol. The molecule has 1 heterocycles. The first-order chi connectivity index (χ1) is 8.81. The number of aromatic amines is 1. The Morgan fingerprint density at radius 3 is 2.53 bits per heavy atom. The lowest BCUT2D eigenvalue weighted by Crippen LogP contribution is -2.27. The van der Waals surface area contributed by atoms with Gasteiger partial charge in [-0.05, 0) is 28.3 Å². The number of hydrogen-bond acceptors (Lipinski definition) is 4. The molecule has 6 heteroatoms. The van der Waals surface area contributed by atoms with Crippen molar-refractivity contribution in [3.63, 3.8) is 0 Å². The summed E-state index contributed by atoms with van der Waals surface area (Å²) < 4.78 is 11.2. The van der Waals surface area contributed by atoms with Crippen LogP contribution in [0.5, 0.6) is 0 Å². The molecule has 1 unspecified atom stereocenters. The van der Waals surface area contributed by atoms with E-state index < -0.39 is 0 Å². The van der Waals surface area contributed by atoms with Crippen molar-refractivity contribution in [2.24, 2.45) is 5.41 Å². The van der Waals surface area contributed by atoms with Crippen molar-refractivity contribution < 1.29 is 9.47 Å². The molecular formula is C13H21BrN2O3. The van der Waals surface area contributed by atoms with E-state index >= 15 is 0 Å². The van der Waals surface area contributed by atoms with Crippen LogP contribution in [0.4, 0.5) is 0 Å². The van der Waals surface area contributed by atoms with Gasteiger partial charge >= 0.3 is 0 Å². The lowest BCUT2D eigenvalue weighted by Gasteiger charge is -2.29. The Labute approximate surface area is 121 Å². The van der Waals surface area contributed by atoms with E-state index in [1.54, 1.807) is 7.11 Å². The van der Waals surface area contributed by atoms with Crippen LogP contribution in [0.1, 0.15) is 45.3 Å². The SMILES string of the molecule is CCOC(c1nc(COC)c(Br)c(=O)[nH]1)C(C)(C)C. The van der Waals surface area contributed by atoms with Crippen molar-refractivity contribution in [2.75, 3.05) is 13.7 Å². The van der Waals surface area contributed by atoms with Gasteiger partial charge in [-0.15, -0.1) is 0 Å². The number of nitrogens with zero attached hydrogens (tertiary/aromatic N) is 1. The molecule has 1 rings (SSSR count). The number of methoxy groups -OCH3 is 1. The van der Waals surface area contributed by atoms with E-state index in [9.17, 15) is 4.79 Å². The van der Waals surface area contributed by atoms with E-state index in [4.69, 9.17) is 9.47 Å². The molecule has 0 aliphatic carbocycles. The Morgan fingerprint density at radius 1 is 1.42 bits per heavy atom. The predicted octanol–water partition coefficient (Wildman–Crippen LogP) is 2.80. The van der Waals surface area contributed by atoms with Crippen LogP contribution in [-0.4, -0.2) is 23.7 Å². The van der Waals surface area contributed by atoms with Crippen molar-refractivity contribution in [3.05, 3.63) is 26.3 Å². The molecule has 1 aromatic heterocycles. The van der Waals surface area contributed by atoms with E-state index in [1.807, 2.05) is 27.7 Å². The Kier molecular flexibility index (Phi) is 5.70. The van der Waals surface area contributed by atoms with Gasteiger partial charge in [-0.2, -0.15) is 0 Å². The third-order valence-corrected chi connectivity index (χ3v) is 3.42. The van der Waals surface area contributed by atoms with Crippen LogP contribution in [0, 0.1) is 5.41 Å². The first kappa shape index (κ1) is 16.3. The van der Waals surface area contributed by atoms with Gasteiger partial charge in [0.1, 0.15) is 16.4 Å². The monoisotopic (exact) mass is 332 g/mol. The van der Waals surface area contributed by atoms with Crippen molar-refractivity contribution >= 4 is 15.9 Å². The van der Waals surface area contributed by atoms with Gasteiger partial charge in [0, 0.05) is 13.7 Å². The minimum absolute atomic E-state index is 0.163. The van der Waals surface area contributed by atoms with Gasteiger partial charge in [-0.1, -0.05) is 20.8 Å². The van der Waals surface area contributed by atoms with Crippen molar-refractivity contribution in [1.82, 2.24) is 9.97 Å². The molecule has 0 aromatic carbocycles. The summed E-state index contributed by atoms with van der Waals surface area (Å²) >= 11 is 3.23. The number of rotatable bonds is 5. The number of aromatic nitrogens is 2.